The van der Waals surface area contributed by atoms with Gasteiger partial charge in [0, 0.05) is 12.5 Å². The molecule has 0 spiro atoms. The third-order valence-electron chi connectivity index (χ3n) is 7.61. The van der Waals surface area contributed by atoms with Gasteiger partial charge in [-0.05, 0) is 54.0 Å². The number of benzene rings is 1. The SMILES string of the molecule is CS(=O)c1ncn(-c2nccc([C@@]34CC[C@@H](c5cc(-c6c(F)cccc6F)nnc53)C4(C)C)n2)n1. The van der Waals surface area contributed by atoms with Crippen molar-refractivity contribution < 1.29 is 13.0 Å². The quantitative estimate of drug-likeness (QED) is 0.427. The van der Waals surface area contributed by atoms with Gasteiger partial charge in [-0.3, -0.25) is 4.21 Å². The van der Waals surface area contributed by atoms with E-state index in [1.165, 1.54) is 35.5 Å². The van der Waals surface area contributed by atoms with E-state index in [0.717, 1.165) is 29.8 Å². The van der Waals surface area contributed by atoms with Crippen molar-refractivity contribution in [3.8, 4) is 17.2 Å². The number of fused-ring (bicyclic) bond motifs is 5. The first-order valence-corrected chi connectivity index (χ1v) is 12.7. The zero-order valence-corrected chi connectivity index (χ0v) is 20.1. The smallest absolute Gasteiger partial charge is 0.251 e. The van der Waals surface area contributed by atoms with E-state index in [1.807, 2.05) is 6.07 Å². The molecule has 1 unspecified atom stereocenters. The van der Waals surface area contributed by atoms with Crippen LogP contribution in [-0.4, -0.2) is 45.4 Å². The summed E-state index contributed by atoms with van der Waals surface area (Å²) in [5, 5.41) is 13.2. The lowest BCUT2D eigenvalue weighted by molar-refractivity contribution is 0.242. The maximum absolute atomic E-state index is 14.5. The van der Waals surface area contributed by atoms with Gasteiger partial charge in [0.1, 0.15) is 18.0 Å². The second kappa shape index (κ2) is 7.51. The van der Waals surface area contributed by atoms with Gasteiger partial charge in [-0.1, -0.05) is 19.9 Å². The van der Waals surface area contributed by atoms with Gasteiger partial charge in [-0.25, -0.2) is 23.7 Å². The van der Waals surface area contributed by atoms with Crippen molar-refractivity contribution in [2.45, 2.75) is 43.2 Å². The first-order chi connectivity index (χ1) is 16.7. The van der Waals surface area contributed by atoms with Gasteiger partial charge >= 0.3 is 0 Å². The molecule has 35 heavy (non-hydrogen) atoms. The Bertz CT molecular complexity index is 1500. The molecule has 3 heterocycles. The molecule has 0 amide bonds. The Morgan fingerprint density at radius 2 is 1.89 bits per heavy atom. The van der Waals surface area contributed by atoms with Crippen molar-refractivity contribution in [3.63, 3.8) is 0 Å². The summed E-state index contributed by atoms with van der Waals surface area (Å²) in [6, 6.07) is 7.41. The van der Waals surface area contributed by atoms with Crippen LogP contribution in [0.1, 0.15) is 49.6 Å². The Balaban J connectivity index is 1.50. The van der Waals surface area contributed by atoms with Crippen LogP contribution in [0.3, 0.4) is 0 Å². The lowest BCUT2D eigenvalue weighted by Gasteiger charge is -2.37. The summed E-state index contributed by atoms with van der Waals surface area (Å²) in [5.74, 6) is -0.902. The predicted octanol–water partition coefficient (Wildman–Crippen LogP) is 3.73. The molecule has 1 fully saturated rings. The van der Waals surface area contributed by atoms with Crippen LogP contribution < -0.4 is 0 Å². The number of halogens is 2. The Labute approximate surface area is 202 Å². The van der Waals surface area contributed by atoms with Gasteiger partial charge in [0.2, 0.25) is 5.16 Å². The lowest BCUT2D eigenvalue weighted by Crippen LogP contribution is -2.38. The van der Waals surface area contributed by atoms with Crippen LogP contribution in [0, 0.1) is 17.0 Å². The van der Waals surface area contributed by atoms with Crippen molar-refractivity contribution in [2.75, 3.05) is 6.26 Å². The standard InChI is InChI=1S/C24H21F2N7OS/c1-23(2)14-7-9-24(23,18-8-10-27-21(29-18)33-12-28-22(32-33)35(3)34)20-13(14)11-17(30-31-20)19-15(25)5-4-6-16(19)26/h4-6,8,10-12,14H,7,9H2,1-3H3/t14-,24-,35?/m0/s1. The highest BCUT2D eigenvalue weighted by molar-refractivity contribution is 7.84. The fraction of sp³-hybridized carbons (Fsp3) is 0.333. The first kappa shape index (κ1) is 22.0. The summed E-state index contributed by atoms with van der Waals surface area (Å²) in [7, 11) is -1.33. The minimum Gasteiger partial charge on any atom is -0.251 e. The molecule has 3 aromatic heterocycles. The van der Waals surface area contributed by atoms with Crippen molar-refractivity contribution >= 4 is 10.8 Å². The summed E-state index contributed by atoms with van der Waals surface area (Å²) in [4.78, 5) is 13.2. The van der Waals surface area contributed by atoms with E-state index in [2.05, 4.69) is 39.1 Å². The van der Waals surface area contributed by atoms with E-state index in [9.17, 15) is 13.0 Å². The molecule has 11 heteroatoms. The van der Waals surface area contributed by atoms with Crippen LogP contribution in [0.25, 0.3) is 17.2 Å². The normalized spacial score (nSPS) is 22.8. The van der Waals surface area contributed by atoms with E-state index in [0.29, 0.717) is 5.95 Å². The Kier molecular flexibility index (Phi) is 4.73. The average Bonchev–Trinajstić information content (AvgIpc) is 3.48. The average molecular weight is 494 g/mol. The van der Waals surface area contributed by atoms with Gasteiger partial charge in [0.15, 0.2) is 0 Å². The maximum atomic E-state index is 14.5. The van der Waals surface area contributed by atoms with Crippen LogP contribution in [0.4, 0.5) is 8.78 Å². The van der Waals surface area contributed by atoms with Crippen molar-refractivity contribution in [3.05, 3.63) is 71.4 Å². The van der Waals surface area contributed by atoms with Crippen LogP contribution in [-0.2, 0) is 16.2 Å². The van der Waals surface area contributed by atoms with Gasteiger partial charge in [-0.15, -0.1) is 10.2 Å². The molecule has 0 saturated heterocycles. The zero-order chi connectivity index (χ0) is 24.5. The summed E-state index contributed by atoms with van der Waals surface area (Å²) >= 11 is 0. The number of aromatic nitrogens is 7. The minimum absolute atomic E-state index is 0.125. The molecule has 4 aromatic rings. The predicted molar refractivity (Wildman–Crippen MR) is 123 cm³/mol. The fourth-order valence-electron chi connectivity index (χ4n) is 5.93. The zero-order valence-electron chi connectivity index (χ0n) is 19.2. The summed E-state index contributed by atoms with van der Waals surface area (Å²) in [6.07, 6.45) is 6.29. The molecular weight excluding hydrogens is 472 g/mol. The molecule has 2 bridgehead atoms. The Morgan fingerprint density at radius 1 is 1.11 bits per heavy atom. The van der Waals surface area contributed by atoms with Crippen molar-refractivity contribution in [2.24, 2.45) is 5.41 Å². The lowest BCUT2D eigenvalue weighted by atomic mass is 9.66. The highest BCUT2D eigenvalue weighted by Crippen LogP contribution is 2.69. The largest absolute Gasteiger partial charge is 0.252 e. The highest BCUT2D eigenvalue weighted by Gasteiger charge is 2.65. The van der Waals surface area contributed by atoms with Crippen LogP contribution in [0.2, 0.25) is 0 Å². The number of nitrogens with zero attached hydrogens (tertiary/aromatic N) is 7. The maximum Gasteiger partial charge on any atom is 0.252 e. The first-order valence-electron chi connectivity index (χ1n) is 11.2. The van der Waals surface area contributed by atoms with Gasteiger partial charge in [0.05, 0.1) is 38.9 Å². The van der Waals surface area contributed by atoms with Gasteiger partial charge in [0.25, 0.3) is 5.95 Å². The second-order valence-corrected chi connectivity index (χ2v) is 10.8. The molecule has 1 aromatic carbocycles. The summed E-state index contributed by atoms with van der Waals surface area (Å²) < 4.78 is 42.1. The third kappa shape index (κ3) is 2.97. The number of hydrogen-bond donors (Lipinski definition) is 0. The Hall–Kier alpha value is -3.47. The van der Waals surface area contributed by atoms with E-state index in [-0.39, 0.29) is 27.7 Å². The molecule has 8 nitrogen and oxygen atoms in total. The van der Waals surface area contributed by atoms with Gasteiger partial charge in [-0.2, -0.15) is 9.78 Å². The number of rotatable bonds is 4. The molecule has 0 radical (unpaired) electrons. The van der Waals surface area contributed by atoms with E-state index in [1.54, 1.807) is 12.3 Å². The minimum atomic E-state index is -1.33. The monoisotopic (exact) mass is 493 g/mol. The molecule has 2 aliphatic carbocycles. The molecule has 6 rings (SSSR count). The molecule has 1 saturated carbocycles. The van der Waals surface area contributed by atoms with Crippen molar-refractivity contribution in [1.29, 1.82) is 0 Å². The van der Waals surface area contributed by atoms with Crippen molar-refractivity contribution in [1.82, 2.24) is 34.9 Å². The van der Waals surface area contributed by atoms with E-state index >= 15 is 0 Å². The molecule has 0 aliphatic heterocycles. The molecule has 3 atom stereocenters. The molecular formula is C24H21F2N7OS. The number of hydrogen-bond acceptors (Lipinski definition) is 7. The summed E-state index contributed by atoms with van der Waals surface area (Å²) in [6.45, 7) is 4.34. The van der Waals surface area contributed by atoms with E-state index in [4.69, 9.17) is 4.98 Å². The van der Waals surface area contributed by atoms with Crippen LogP contribution in [0.5, 0.6) is 0 Å². The molecule has 0 N–H and O–H groups in total. The Morgan fingerprint density at radius 3 is 2.60 bits per heavy atom. The third-order valence-corrected chi connectivity index (χ3v) is 8.32. The second-order valence-electron chi connectivity index (χ2n) is 9.52. The van der Waals surface area contributed by atoms with E-state index < -0.39 is 27.8 Å². The summed E-state index contributed by atoms with van der Waals surface area (Å²) in [5.41, 5.74) is 1.67. The van der Waals surface area contributed by atoms with Gasteiger partial charge < -0.3 is 0 Å². The molecule has 2 aliphatic rings. The van der Waals surface area contributed by atoms with Crippen LogP contribution in [0.15, 0.2) is 48.0 Å². The highest BCUT2D eigenvalue weighted by atomic mass is 32.2. The fourth-order valence-corrected chi connectivity index (χ4v) is 6.33. The topological polar surface area (TPSA) is 99.3 Å². The molecule has 178 valence electrons. The van der Waals surface area contributed by atoms with Crippen LogP contribution >= 0.6 is 0 Å².